The number of carbonyl (C=O) groups is 2. The van der Waals surface area contributed by atoms with Crippen molar-refractivity contribution in [3.63, 3.8) is 0 Å². The van der Waals surface area contributed by atoms with Crippen molar-refractivity contribution in [2.45, 2.75) is 24.9 Å². The molecule has 2 aromatic heterocycles. The Morgan fingerprint density at radius 1 is 1.33 bits per heavy atom. The number of aromatic nitrogens is 4. The van der Waals surface area contributed by atoms with Crippen molar-refractivity contribution < 1.29 is 19.4 Å². The predicted molar refractivity (Wildman–Crippen MR) is 81.2 cm³/mol. The lowest BCUT2D eigenvalue weighted by Gasteiger charge is -2.38. The quantitative estimate of drug-likeness (QED) is 0.819. The fraction of sp³-hybridized carbons (Fsp3) is 0.533. The Morgan fingerprint density at radius 3 is 2.83 bits per heavy atom. The molecule has 2 aromatic rings. The molecule has 2 N–H and O–H groups in total. The lowest BCUT2D eigenvalue weighted by Crippen LogP contribution is -2.46. The molecule has 1 atom stereocenters. The highest BCUT2D eigenvalue weighted by Gasteiger charge is 2.45. The predicted octanol–water partition coefficient (Wildman–Crippen LogP) is 0.449. The normalized spacial score (nSPS) is 23.0. The molecule has 2 saturated heterocycles. The largest absolute Gasteiger partial charge is 0.481 e. The van der Waals surface area contributed by atoms with E-state index in [0.29, 0.717) is 49.1 Å². The Bertz CT molecular complexity index is 796. The molecule has 1 amide bonds. The van der Waals surface area contributed by atoms with Gasteiger partial charge in [0.05, 0.1) is 23.7 Å². The maximum atomic E-state index is 12.6. The second-order valence-corrected chi connectivity index (χ2v) is 6.42. The maximum Gasteiger partial charge on any atom is 0.308 e. The molecule has 1 spiro atoms. The van der Waals surface area contributed by atoms with Crippen molar-refractivity contribution in [2.75, 3.05) is 19.7 Å². The Kier molecular flexibility index (Phi) is 3.45. The number of carboxylic acid groups (broad SMARTS) is 1. The van der Waals surface area contributed by atoms with Gasteiger partial charge in [-0.2, -0.15) is 10.3 Å². The molecule has 9 nitrogen and oxygen atoms in total. The van der Waals surface area contributed by atoms with Crippen LogP contribution in [0.4, 0.5) is 0 Å². The molecule has 126 valence electrons. The molecular weight excluding hydrogens is 314 g/mol. The van der Waals surface area contributed by atoms with Crippen LogP contribution in [0.5, 0.6) is 0 Å². The van der Waals surface area contributed by atoms with Gasteiger partial charge in [-0.1, -0.05) is 0 Å². The third kappa shape index (κ3) is 2.50. The fourth-order valence-corrected chi connectivity index (χ4v) is 3.51. The molecule has 2 aliphatic heterocycles. The van der Waals surface area contributed by atoms with Crippen LogP contribution in [-0.4, -0.2) is 67.6 Å². The molecule has 9 heteroatoms. The summed E-state index contributed by atoms with van der Waals surface area (Å²) in [5.74, 6) is -1.35. The number of hydrogen-bond donors (Lipinski definition) is 2. The number of hydrogen-bond acceptors (Lipinski definition) is 6. The molecule has 4 rings (SSSR count). The lowest BCUT2D eigenvalue weighted by molar-refractivity contribution is -0.141. The van der Waals surface area contributed by atoms with E-state index < -0.39 is 17.5 Å². The molecule has 2 fully saturated rings. The molecular formula is C15H17N5O4. The van der Waals surface area contributed by atoms with Crippen LogP contribution in [-0.2, 0) is 9.53 Å². The van der Waals surface area contributed by atoms with Gasteiger partial charge < -0.3 is 14.7 Å². The monoisotopic (exact) mass is 331 g/mol. The zero-order valence-corrected chi connectivity index (χ0v) is 12.9. The SMILES string of the molecule is O=C(O)C1COC2(CCN(C(=O)c3cnc4n[nH]nc4c3)CC2)C1. The summed E-state index contributed by atoms with van der Waals surface area (Å²) < 4.78 is 5.78. The summed E-state index contributed by atoms with van der Waals surface area (Å²) in [6, 6.07) is 1.67. The van der Waals surface area contributed by atoms with Gasteiger partial charge in [-0.3, -0.25) is 9.59 Å². The number of fused-ring (bicyclic) bond motifs is 1. The Morgan fingerprint density at radius 2 is 2.12 bits per heavy atom. The zero-order valence-electron chi connectivity index (χ0n) is 12.9. The number of likely N-dealkylation sites (tertiary alicyclic amines) is 1. The number of rotatable bonds is 2. The van der Waals surface area contributed by atoms with Crippen LogP contribution < -0.4 is 0 Å². The van der Waals surface area contributed by atoms with Crippen LogP contribution in [0, 0.1) is 5.92 Å². The third-order valence-corrected chi connectivity index (χ3v) is 4.94. The van der Waals surface area contributed by atoms with E-state index in [1.165, 1.54) is 6.20 Å². The summed E-state index contributed by atoms with van der Waals surface area (Å²) in [6.07, 6.45) is 3.34. The minimum Gasteiger partial charge on any atom is -0.481 e. The topological polar surface area (TPSA) is 121 Å². The lowest BCUT2D eigenvalue weighted by atomic mass is 9.85. The first-order valence-corrected chi connectivity index (χ1v) is 7.89. The first kappa shape index (κ1) is 15.0. The Hall–Kier alpha value is -2.55. The number of aromatic amines is 1. The van der Waals surface area contributed by atoms with Crippen LogP contribution >= 0.6 is 0 Å². The van der Waals surface area contributed by atoms with Gasteiger partial charge in [0.1, 0.15) is 5.52 Å². The number of pyridine rings is 1. The molecule has 0 radical (unpaired) electrons. The molecule has 0 saturated carbocycles. The molecule has 4 heterocycles. The minimum absolute atomic E-state index is 0.102. The number of amides is 1. The highest BCUT2D eigenvalue weighted by molar-refractivity contribution is 5.96. The van der Waals surface area contributed by atoms with Gasteiger partial charge in [0.2, 0.25) is 5.65 Å². The van der Waals surface area contributed by atoms with E-state index in [2.05, 4.69) is 20.4 Å². The summed E-state index contributed by atoms with van der Waals surface area (Å²) >= 11 is 0. The van der Waals surface area contributed by atoms with Crippen LogP contribution in [0.15, 0.2) is 12.3 Å². The first-order chi connectivity index (χ1) is 11.6. The highest BCUT2D eigenvalue weighted by atomic mass is 16.5. The number of nitrogens with one attached hydrogen (secondary N) is 1. The summed E-state index contributed by atoms with van der Waals surface area (Å²) in [5.41, 5.74) is 1.11. The highest BCUT2D eigenvalue weighted by Crippen LogP contribution is 2.38. The third-order valence-electron chi connectivity index (χ3n) is 4.94. The second kappa shape index (κ2) is 5.52. The average molecular weight is 331 g/mol. The van der Waals surface area contributed by atoms with Gasteiger partial charge in [-0.15, -0.1) is 5.10 Å². The fourth-order valence-electron chi connectivity index (χ4n) is 3.51. The van der Waals surface area contributed by atoms with Gasteiger partial charge in [0.25, 0.3) is 5.91 Å². The summed E-state index contributed by atoms with van der Waals surface area (Å²) in [5, 5.41) is 19.4. The van der Waals surface area contributed by atoms with E-state index in [9.17, 15) is 9.59 Å². The van der Waals surface area contributed by atoms with Crippen molar-refractivity contribution in [1.82, 2.24) is 25.3 Å². The van der Waals surface area contributed by atoms with E-state index in [4.69, 9.17) is 9.84 Å². The Balaban J connectivity index is 1.44. The van der Waals surface area contributed by atoms with E-state index >= 15 is 0 Å². The first-order valence-electron chi connectivity index (χ1n) is 7.89. The van der Waals surface area contributed by atoms with Crippen LogP contribution in [0.1, 0.15) is 29.6 Å². The summed E-state index contributed by atoms with van der Waals surface area (Å²) in [7, 11) is 0. The van der Waals surface area contributed by atoms with Crippen LogP contribution in [0.3, 0.4) is 0 Å². The maximum absolute atomic E-state index is 12.6. The van der Waals surface area contributed by atoms with E-state index in [1.807, 2.05) is 0 Å². The van der Waals surface area contributed by atoms with Crippen molar-refractivity contribution in [2.24, 2.45) is 5.92 Å². The summed E-state index contributed by atoms with van der Waals surface area (Å²) in [4.78, 5) is 29.6. The minimum atomic E-state index is -0.808. The number of aliphatic carboxylic acids is 1. The van der Waals surface area contributed by atoms with Crippen molar-refractivity contribution in [3.8, 4) is 0 Å². The number of carbonyl (C=O) groups excluding carboxylic acids is 1. The zero-order chi connectivity index (χ0) is 16.7. The van der Waals surface area contributed by atoms with Gasteiger partial charge in [0.15, 0.2) is 0 Å². The van der Waals surface area contributed by atoms with Crippen LogP contribution in [0.25, 0.3) is 11.2 Å². The Labute approximate surface area is 137 Å². The van der Waals surface area contributed by atoms with Crippen LogP contribution in [0.2, 0.25) is 0 Å². The van der Waals surface area contributed by atoms with E-state index in [0.717, 1.165) is 0 Å². The van der Waals surface area contributed by atoms with Crippen molar-refractivity contribution in [1.29, 1.82) is 0 Å². The molecule has 24 heavy (non-hydrogen) atoms. The standard InChI is InChI=1S/C15H17N5O4/c21-13(9-5-11-12(16-7-9)18-19-17-11)20-3-1-15(2-4-20)6-10(8-24-15)14(22)23/h5,7,10H,1-4,6,8H2,(H,22,23)(H,16,17,18,19). The smallest absolute Gasteiger partial charge is 0.308 e. The second-order valence-electron chi connectivity index (χ2n) is 6.42. The van der Waals surface area contributed by atoms with E-state index in [-0.39, 0.29) is 12.5 Å². The van der Waals surface area contributed by atoms with E-state index in [1.54, 1.807) is 11.0 Å². The van der Waals surface area contributed by atoms with Gasteiger partial charge in [-0.25, -0.2) is 4.98 Å². The molecule has 2 aliphatic rings. The number of H-pyrrole nitrogens is 1. The van der Waals surface area contributed by atoms with Crippen molar-refractivity contribution in [3.05, 3.63) is 17.8 Å². The van der Waals surface area contributed by atoms with Gasteiger partial charge >= 0.3 is 5.97 Å². The number of ether oxygens (including phenoxy) is 1. The molecule has 0 aromatic carbocycles. The van der Waals surface area contributed by atoms with Gasteiger partial charge in [-0.05, 0) is 25.3 Å². The van der Waals surface area contributed by atoms with Gasteiger partial charge in [0, 0.05) is 19.3 Å². The molecule has 1 unspecified atom stereocenters. The number of nitrogens with zero attached hydrogens (tertiary/aromatic N) is 4. The van der Waals surface area contributed by atoms with Crippen molar-refractivity contribution >= 4 is 23.0 Å². The molecule has 0 bridgehead atoms. The average Bonchev–Trinajstić information content (AvgIpc) is 3.21. The number of carboxylic acids is 1. The summed E-state index contributed by atoms with van der Waals surface area (Å²) in [6.45, 7) is 1.35. The molecule has 0 aliphatic carbocycles. The number of piperidine rings is 1.